The Bertz CT molecular complexity index is 765. The minimum absolute atomic E-state index is 0.191. The summed E-state index contributed by atoms with van der Waals surface area (Å²) in [7, 11) is 0. The average Bonchev–Trinajstić information content (AvgIpc) is 3.20. The van der Waals surface area contributed by atoms with Gasteiger partial charge in [-0.15, -0.1) is 0 Å². The topological polar surface area (TPSA) is 89.7 Å². The van der Waals surface area contributed by atoms with E-state index in [1.807, 2.05) is 12.1 Å². The van der Waals surface area contributed by atoms with Gasteiger partial charge in [0.15, 0.2) is 6.61 Å². The molecule has 1 aliphatic carbocycles. The number of H-pyrrole nitrogens is 1. The van der Waals surface area contributed by atoms with Gasteiger partial charge in [0.1, 0.15) is 5.69 Å². The molecule has 1 N–H and O–H groups in total. The van der Waals surface area contributed by atoms with Crippen molar-refractivity contribution in [2.45, 2.75) is 32.3 Å². The first-order valence-corrected chi connectivity index (χ1v) is 7.33. The lowest BCUT2D eigenvalue weighted by Gasteiger charge is -2.09. The van der Waals surface area contributed by atoms with Crippen LogP contribution in [0.5, 0.6) is 5.88 Å². The van der Waals surface area contributed by atoms with Gasteiger partial charge in [-0.05, 0) is 31.7 Å². The van der Waals surface area contributed by atoms with Gasteiger partial charge in [-0.3, -0.25) is 5.10 Å². The molecule has 1 aliphatic rings. The molecular formula is C15H15N5O2. The summed E-state index contributed by atoms with van der Waals surface area (Å²) in [6.07, 6.45) is 6.09. The molecule has 3 aromatic heterocycles. The van der Waals surface area contributed by atoms with Crippen molar-refractivity contribution >= 4 is 0 Å². The molecule has 0 radical (unpaired) electrons. The van der Waals surface area contributed by atoms with Gasteiger partial charge in [0.2, 0.25) is 11.7 Å². The second-order valence-electron chi connectivity index (χ2n) is 5.20. The molecule has 7 nitrogen and oxygen atoms in total. The van der Waals surface area contributed by atoms with Crippen LogP contribution >= 0.6 is 0 Å². The average molecular weight is 297 g/mol. The van der Waals surface area contributed by atoms with E-state index >= 15 is 0 Å². The van der Waals surface area contributed by atoms with Crippen molar-refractivity contribution in [2.75, 3.05) is 0 Å². The molecule has 3 heterocycles. The number of ether oxygens (including phenoxy) is 1. The van der Waals surface area contributed by atoms with Crippen LogP contribution in [0, 0.1) is 0 Å². The van der Waals surface area contributed by atoms with Crippen molar-refractivity contribution in [1.82, 2.24) is 25.3 Å². The second-order valence-corrected chi connectivity index (χ2v) is 5.20. The molecule has 7 heteroatoms. The predicted octanol–water partition coefficient (Wildman–Crippen LogP) is 2.31. The molecule has 22 heavy (non-hydrogen) atoms. The molecule has 4 rings (SSSR count). The number of nitrogens with one attached hydrogen (secondary N) is 1. The summed E-state index contributed by atoms with van der Waals surface area (Å²) >= 11 is 0. The molecule has 112 valence electrons. The van der Waals surface area contributed by atoms with E-state index in [2.05, 4.69) is 25.3 Å². The van der Waals surface area contributed by atoms with Gasteiger partial charge in [0, 0.05) is 23.5 Å². The number of rotatable bonds is 4. The van der Waals surface area contributed by atoms with Crippen LogP contribution in [-0.4, -0.2) is 25.3 Å². The highest BCUT2D eigenvalue weighted by atomic mass is 16.5. The largest absolute Gasteiger partial charge is 0.468 e. The summed E-state index contributed by atoms with van der Waals surface area (Å²) in [5.74, 6) is 1.45. The van der Waals surface area contributed by atoms with E-state index in [0.717, 1.165) is 18.5 Å². The van der Waals surface area contributed by atoms with Crippen LogP contribution in [0.1, 0.15) is 30.0 Å². The van der Waals surface area contributed by atoms with Crippen LogP contribution in [0.25, 0.3) is 11.5 Å². The summed E-state index contributed by atoms with van der Waals surface area (Å²) in [6, 6.07) is 5.47. The minimum atomic E-state index is 0.191. The Hall–Kier alpha value is -2.70. The van der Waals surface area contributed by atoms with Crippen LogP contribution in [0.15, 0.2) is 28.9 Å². The molecule has 0 amide bonds. The van der Waals surface area contributed by atoms with E-state index in [9.17, 15) is 0 Å². The third-order valence-corrected chi connectivity index (χ3v) is 3.72. The van der Waals surface area contributed by atoms with E-state index in [4.69, 9.17) is 9.26 Å². The number of hydrogen-bond acceptors (Lipinski definition) is 6. The van der Waals surface area contributed by atoms with Crippen LogP contribution in [0.2, 0.25) is 0 Å². The van der Waals surface area contributed by atoms with Gasteiger partial charge in [-0.2, -0.15) is 10.1 Å². The van der Waals surface area contributed by atoms with Crippen molar-refractivity contribution in [3.63, 3.8) is 0 Å². The quantitative estimate of drug-likeness (QED) is 0.794. The van der Waals surface area contributed by atoms with Gasteiger partial charge < -0.3 is 9.26 Å². The number of pyridine rings is 1. The monoisotopic (exact) mass is 297 g/mol. The Morgan fingerprint density at radius 1 is 1.23 bits per heavy atom. The maximum absolute atomic E-state index is 5.50. The van der Waals surface area contributed by atoms with Crippen molar-refractivity contribution in [3.8, 4) is 17.4 Å². The van der Waals surface area contributed by atoms with E-state index in [0.29, 0.717) is 17.6 Å². The van der Waals surface area contributed by atoms with Crippen LogP contribution in [0.4, 0.5) is 0 Å². The molecule has 3 aromatic rings. The maximum Gasteiger partial charge on any atom is 0.265 e. The lowest BCUT2D eigenvalue weighted by Crippen LogP contribution is -2.01. The zero-order valence-electron chi connectivity index (χ0n) is 12.0. The van der Waals surface area contributed by atoms with E-state index in [1.54, 1.807) is 12.3 Å². The highest BCUT2D eigenvalue weighted by Crippen LogP contribution is 2.27. The third-order valence-electron chi connectivity index (χ3n) is 3.72. The minimum Gasteiger partial charge on any atom is -0.468 e. The molecule has 0 unspecified atom stereocenters. The molecule has 0 atom stereocenters. The SMILES string of the molecule is c1ccc(OCc2nc(-c3n[nH]c4c3CCCC4)no2)nc1. The molecule has 0 bridgehead atoms. The number of aromatic nitrogens is 5. The fourth-order valence-corrected chi connectivity index (χ4v) is 2.64. The zero-order valence-corrected chi connectivity index (χ0v) is 12.0. The maximum atomic E-state index is 5.50. The van der Waals surface area contributed by atoms with Crippen LogP contribution < -0.4 is 4.74 Å². The molecule has 0 fully saturated rings. The predicted molar refractivity (Wildman–Crippen MR) is 77.1 cm³/mol. The molecule has 0 saturated heterocycles. The summed E-state index contributed by atoms with van der Waals surface area (Å²) in [4.78, 5) is 8.44. The smallest absolute Gasteiger partial charge is 0.265 e. The normalized spacial score (nSPS) is 13.8. The number of nitrogens with zero attached hydrogens (tertiary/aromatic N) is 4. The molecule has 0 aliphatic heterocycles. The Morgan fingerprint density at radius 2 is 2.18 bits per heavy atom. The Kier molecular flexibility index (Phi) is 3.30. The highest BCUT2D eigenvalue weighted by molar-refractivity contribution is 5.56. The van der Waals surface area contributed by atoms with Gasteiger partial charge in [-0.1, -0.05) is 11.2 Å². The fraction of sp³-hybridized carbons (Fsp3) is 0.333. The Morgan fingerprint density at radius 3 is 3.09 bits per heavy atom. The lowest BCUT2D eigenvalue weighted by atomic mass is 9.96. The number of fused-ring (bicyclic) bond motifs is 1. The molecular weight excluding hydrogens is 282 g/mol. The Balaban J connectivity index is 1.51. The number of hydrogen-bond donors (Lipinski definition) is 1. The lowest BCUT2D eigenvalue weighted by molar-refractivity contribution is 0.235. The summed E-state index contributed by atoms with van der Waals surface area (Å²) in [6.45, 7) is 0.191. The third kappa shape index (κ3) is 2.45. The highest BCUT2D eigenvalue weighted by Gasteiger charge is 2.21. The van der Waals surface area contributed by atoms with Crippen LogP contribution in [-0.2, 0) is 19.4 Å². The molecule has 0 spiro atoms. The summed E-state index contributed by atoms with van der Waals surface area (Å²) < 4.78 is 10.7. The van der Waals surface area contributed by atoms with Gasteiger partial charge in [0.25, 0.3) is 5.89 Å². The molecule has 0 saturated carbocycles. The van der Waals surface area contributed by atoms with E-state index in [-0.39, 0.29) is 6.61 Å². The Labute approximate surface area is 126 Å². The van der Waals surface area contributed by atoms with E-state index in [1.165, 1.54) is 24.1 Å². The standard InChI is InChI=1S/C15H15N5O2/c1-2-6-11-10(5-1)14(19-18-11)15-17-13(22-20-15)9-21-12-7-3-4-8-16-12/h3-4,7-8H,1-2,5-6,9H2,(H,18,19). The van der Waals surface area contributed by atoms with Gasteiger partial charge in [0.05, 0.1) is 0 Å². The van der Waals surface area contributed by atoms with Crippen molar-refractivity contribution in [3.05, 3.63) is 41.5 Å². The van der Waals surface area contributed by atoms with Crippen LogP contribution in [0.3, 0.4) is 0 Å². The van der Waals surface area contributed by atoms with Crippen molar-refractivity contribution < 1.29 is 9.26 Å². The summed E-state index contributed by atoms with van der Waals surface area (Å²) in [5.41, 5.74) is 3.20. The van der Waals surface area contributed by atoms with Crippen molar-refractivity contribution in [1.29, 1.82) is 0 Å². The fourth-order valence-electron chi connectivity index (χ4n) is 2.64. The summed E-state index contributed by atoms with van der Waals surface area (Å²) in [5, 5.41) is 11.4. The van der Waals surface area contributed by atoms with Gasteiger partial charge in [-0.25, -0.2) is 4.98 Å². The zero-order chi connectivity index (χ0) is 14.8. The van der Waals surface area contributed by atoms with E-state index < -0.39 is 0 Å². The number of aryl methyl sites for hydroxylation is 1. The second kappa shape index (κ2) is 5.59. The first-order chi connectivity index (χ1) is 10.9. The van der Waals surface area contributed by atoms with Gasteiger partial charge >= 0.3 is 0 Å². The number of aromatic amines is 1. The van der Waals surface area contributed by atoms with Crippen molar-refractivity contribution in [2.24, 2.45) is 0 Å². The first-order valence-electron chi connectivity index (χ1n) is 7.33. The first kappa shape index (κ1) is 13.0. The molecule has 0 aromatic carbocycles.